The molecule has 40 heavy (non-hydrogen) atoms. The number of hydrogen-bond donors (Lipinski definition) is 0. The van der Waals surface area contributed by atoms with Gasteiger partial charge in [-0.1, -0.05) is 206 Å². The SMILES string of the molecule is CCCCCCCCCCCCCCCCCCN(CCCCCCCCCCCCCCCCCC)C(C)=O. The Bertz CT molecular complexity index is 440. The molecule has 0 spiro atoms. The summed E-state index contributed by atoms with van der Waals surface area (Å²) in [5.41, 5.74) is 0. The third-order valence-electron chi connectivity index (χ3n) is 9.01. The van der Waals surface area contributed by atoms with E-state index in [1.165, 1.54) is 205 Å². The van der Waals surface area contributed by atoms with Crippen molar-refractivity contribution in [1.82, 2.24) is 4.90 Å². The van der Waals surface area contributed by atoms with Gasteiger partial charge in [0.1, 0.15) is 0 Å². The fourth-order valence-electron chi connectivity index (χ4n) is 6.13. The van der Waals surface area contributed by atoms with E-state index >= 15 is 0 Å². The lowest BCUT2D eigenvalue weighted by Crippen LogP contribution is -2.30. The Balaban J connectivity index is 3.37. The predicted molar refractivity (Wildman–Crippen MR) is 181 cm³/mol. The van der Waals surface area contributed by atoms with Crippen molar-refractivity contribution in [1.29, 1.82) is 0 Å². The molecule has 0 heterocycles. The second-order valence-electron chi connectivity index (χ2n) is 13.1. The van der Waals surface area contributed by atoms with Gasteiger partial charge in [0.05, 0.1) is 0 Å². The van der Waals surface area contributed by atoms with Crippen LogP contribution >= 0.6 is 0 Å². The third kappa shape index (κ3) is 32.0. The molecule has 0 atom stereocenters. The van der Waals surface area contributed by atoms with Gasteiger partial charge in [0.25, 0.3) is 0 Å². The fourth-order valence-corrected chi connectivity index (χ4v) is 6.13. The molecule has 0 aromatic heterocycles. The van der Waals surface area contributed by atoms with Gasteiger partial charge in [-0.15, -0.1) is 0 Å². The van der Waals surface area contributed by atoms with Gasteiger partial charge >= 0.3 is 0 Å². The average Bonchev–Trinajstić information content (AvgIpc) is 2.95. The summed E-state index contributed by atoms with van der Waals surface area (Å²) in [6, 6.07) is 0. The Morgan fingerprint density at radius 1 is 0.325 bits per heavy atom. The number of carbonyl (C=O) groups is 1. The van der Waals surface area contributed by atoms with E-state index in [9.17, 15) is 4.79 Å². The third-order valence-corrected chi connectivity index (χ3v) is 9.01. The molecular formula is C38H77NO. The first kappa shape index (κ1) is 39.5. The molecule has 2 nitrogen and oxygen atoms in total. The summed E-state index contributed by atoms with van der Waals surface area (Å²) in [5.74, 6) is 0.280. The summed E-state index contributed by atoms with van der Waals surface area (Å²) >= 11 is 0. The van der Waals surface area contributed by atoms with Crippen LogP contribution in [0.15, 0.2) is 0 Å². The molecule has 0 saturated heterocycles. The molecule has 0 aliphatic carbocycles. The summed E-state index contributed by atoms with van der Waals surface area (Å²) in [7, 11) is 0. The van der Waals surface area contributed by atoms with Gasteiger partial charge in [-0.05, 0) is 12.8 Å². The summed E-state index contributed by atoms with van der Waals surface area (Å²) in [6.07, 6.45) is 44.9. The quantitative estimate of drug-likeness (QED) is 0.0713. The highest BCUT2D eigenvalue weighted by atomic mass is 16.2. The Labute approximate surface area is 254 Å². The molecule has 0 radical (unpaired) electrons. The van der Waals surface area contributed by atoms with Crippen LogP contribution in [-0.4, -0.2) is 23.9 Å². The summed E-state index contributed by atoms with van der Waals surface area (Å²) in [5, 5.41) is 0. The minimum absolute atomic E-state index is 0.280. The van der Waals surface area contributed by atoms with Crippen molar-refractivity contribution >= 4 is 5.91 Å². The van der Waals surface area contributed by atoms with Gasteiger partial charge in [-0.3, -0.25) is 4.79 Å². The molecule has 2 heteroatoms. The van der Waals surface area contributed by atoms with Crippen LogP contribution in [-0.2, 0) is 4.79 Å². The van der Waals surface area contributed by atoms with Gasteiger partial charge in [-0.25, -0.2) is 0 Å². The number of unbranched alkanes of at least 4 members (excludes halogenated alkanes) is 30. The molecule has 0 aliphatic heterocycles. The number of carbonyl (C=O) groups excluding carboxylic acids is 1. The fraction of sp³-hybridized carbons (Fsp3) is 0.974. The minimum atomic E-state index is 0.280. The van der Waals surface area contributed by atoms with Crippen molar-refractivity contribution in [2.24, 2.45) is 0 Å². The number of nitrogens with zero attached hydrogens (tertiary/aromatic N) is 1. The van der Waals surface area contributed by atoms with E-state index in [0.717, 1.165) is 13.1 Å². The molecule has 0 unspecified atom stereocenters. The maximum Gasteiger partial charge on any atom is 0.219 e. The maximum absolute atomic E-state index is 12.1. The van der Waals surface area contributed by atoms with Crippen LogP contribution in [0.1, 0.15) is 226 Å². The average molecular weight is 564 g/mol. The summed E-state index contributed by atoms with van der Waals surface area (Å²) in [4.78, 5) is 14.2. The predicted octanol–water partition coefficient (Wildman–Crippen LogP) is 13.4. The Kier molecular flexibility index (Phi) is 34.2. The van der Waals surface area contributed by atoms with Crippen LogP contribution in [0, 0.1) is 0 Å². The van der Waals surface area contributed by atoms with Gasteiger partial charge in [0.2, 0.25) is 5.91 Å². The molecule has 0 N–H and O–H groups in total. The normalized spacial score (nSPS) is 11.4. The molecule has 0 aliphatic rings. The second kappa shape index (κ2) is 34.7. The standard InChI is InChI=1S/C38H77NO/c1-4-6-8-10-12-14-16-18-20-22-24-26-28-30-32-34-36-39(38(3)40)37-35-33-31-29-27-25-23-21-19-17-15-13-11-9-7-5-2/h4-37H2,1-3H3. The molecule has 0 aromatic carbocycles. The highest BCUT2D eigenvalue weighted by molar-refractivity contribution is 5.73. The molecule has 0 fully saturated rings. The van der Waals surface area contributed by atoms with Gasteiger partial charge < -0.3 is 4.90 Å². The van der Waals surface area contributed by atoms with Crippen LogP contribution in [0.25, 0.3) is 0 Å². The van der Waals surface area contributed by atoms with E-state index in [1.54, 1.807) is 6.92 Å². The molecule has 0 saturated carbocycles. The maximum atomic E-state index is 12.1. The van der Waals surface area contributed by atoms with E-state index < -0.39 is 0 Å². The van der Waals surface area contributed by atoms with Crippen molar-refractivity contribution in [2.75, 3.05) is 13.1 Å². The van der Waals surface area contributed by atoms with Crippen molar-refractivity contribution < 1.29 is 4.79 Å². The number of rotatable bonds is 34. The molecule has 1 amide bonds. The highest BCUT2D eigenvalue weighted by Crippen LogP contribution is 2.15. The van der Waals surface area contributed by atoms with E-state index in [0.29, 0.717) is 0 Å². The van der Waals surface area contributed by atoms with Gasteiger partial charge in [0.15, 0.2) is 0 Å². The van der Waals surface area contributed by atoms with Gasteiger partial charge in [0, 0.05) is 20.0 Å². The molecule has 0 bridgehead atoms. The van der Waals surface area contributed by atoms with E-state index in [-0.39, 0.29) is 5.91 Å². The first-order chi connectivity index (χ1) is 19.7. The lowest BCUT2D eigenvalue weighted by molar-refractivity contribution is -0.129. The van der Waals surface area contributed by atoms with E-state index in [1.807, 2.05) is 0 Å². The zero-order chi connectivity index (χ0) is 29.2. The first-order valence-electron chi connectivity index (χ1n) is 19.0. The van der Waals surface area contributed by atoms with Crippen molar-refractivity contribution in [2.45, 2.75) is 226 Å². The largest absolute Gasteiger partial charge is 0.343 e. The van der Waals surface area contributed by atoms with E-state index in [4.69, 9.17) is 0 Å². The molecule has 240 valence electrons. The van der Waals surface area contributed by atoms with E-state index in [2.05, 4.69) is 18.7 Å². The molecular weight excluding hydrogens is 486 g/mol. The number of amides is 1. The highest BCUT2D eigenvalue weighted by Gasteiger charge is 2.07. The van der Waals surface area contributed by atoms with Gasteiger partial charge in [-0.2, -0.15) is 0 Å². The van der Waals surface area contributed by atoms with Crippen LogP contribution in [0.2, 0.25) is 0 Å². The Morgan fingerprint density at radius 3 is 0.675 bits per heavy atom. The lowest BCUT2D eigenvalue weighted by atomic mass is 10.0. The van der Waals surface area contributed by atoms with Crippen LogP contribution < -0.4 is 0 Å². The minimum Gasteiger partial charge on any atom is -0.343 e. The van der Waals surface area contributed by atoms with Crippen molar-refractivity contribution in [3.63, 3.8) is 0 Å². The van der Waals surface area contributed by atoms with Crippen molar-refractivity contribution in [3.05, 3.63) is 0 Å². The zero-order valence-electron chi connectivity index (χ0n) is 28.4. The summed E-state index contributed by atoms with van der Waals surface area (Å²) in [6.45, 7) is 8.31. The first-order valence-corrected chi connectivity index (χ1v) is 19.0. The topological polar surface area (TPSA) is 20.3 Å². The van der Waals surface area contributed by atoms with Crippen LogP contribution in [0.4, 0.5) is 0 Å². The lowest BCUT2D eigenvalue weighted by Gasteiger charge is -2.21. The van der Waals surface area contributed by atoms with Crippen molar-refractivity contribution in [3.8, 4) is 0 Å². The Hall–Kier alpha value is -0.530. The van der Waals surface area contributed by atoms with Crippen LogP contribution in [0.5, 0.6) is 0 Å². The monoisotopic (exact) mass is 564 g/mol. The smallest absolute Gasteiger partial charge is 0.219 e. The zero-order valence-corrected chi connectivity index (χ0v) is 28.4. The summed E-state index contributed by atoms with van der Waals surface area (Å²) < 4.78 is 0. The molecule has 0 aromatic rings. The second-order valence-corrected chi connectivity index (χ2v) is 13.1. The molecule has 0 rings (SSSR count). The number of hydrogen-bond acceptors (Lipinski definition) is 1. The van der Waals surface area contributed by atoms with Crippen LogP contribution in [0.3, 0.4) is 0 Å². The Morgan fingerprint density at radius 2 is 0.500 bits per heavy atom.